The lowest BCUT2D eigenvalue weighted by atomic mass is 9.91. The number of ether oxygens (including phenoxy) is 1. The van der Waals surface area contributed by atoms with E-state index in [0.29, 0.717) is 12.0 Å². The van der Waals surface area contributed by atoms with Crippen LogP contribution in [0.15, 0.2) is 22.6 Å². The molecule has 1 N–H and O–H groups in total. The Morgan fingerprint density at radius 2 is 2.41 bits per heavy atom. The van der Waals surface area contributed by atoms with Crippen LogP contribution in [0.25, 0.3) is 11.1 Å². The molecule has 0 radical (unpaired) electrons. The highest BCUT2D eigenvalue weighted by Gasteiger charge is 2.16. The van der Waals surface area contributed by atoms with E-state index in [4.69, 9.17) is 9.15 Å². The number of oxazole rings is 1. The summed E-state index contributed by atoms with van der Waals surface area (Å²) in [6.45, 7) is 2.19. The Kier molecular flexibility index (Phi) is 2.73. The second-order valence-electron chi connectivity index (χ2n) is 4.45. The zero-order valence-electron chi connectivity index (χ0n) is 9.90. The molecule has 2 heterocycles. The molecule has 0 saturated carbocycles. The van der Waals surface area contributed by atoms with Crippen molar-refractivity contribution >= 4 is 11.1 Å². The Morgan fingerprint density at radius 1 is 1.47 bits per heavy atom. The molecule has 90 valence electrons. The second kappa shape index (κ2) is 4.37. The van der Waals surface area contributed by atoms with Crippen molar-refractivity contribution in [2.24, 2.45) is 0 Å². The minimum Gasteiger partial charge on any atom is -0.453 e. The maximum atomic E-state index is 5.41. The van der Waals surface area contributed by atoms with Crippen LogP contribution in [-0.4, -0.2) is 25.2 Å². The molecule has 1 saturated heterocycles. The number of nitrogens with zero attached hydrogens (tertiary/aromatic N) is 1. The van der Waals surface area contributed by atoms with Crippen LogP contribution in [0.1, 0.15) is 24.3 Å². The first-order valence-electron chi connectivity index (χ1n) is 6.02. The van der Waals surface area contributed by atoms with Gasteiger partial charge in [0.15, 0.2) is 5.58 Å². The third-order valence-corrected chi connectivity index (χ3v) is 3.33. The molecule has 4 nitrogen and oxygen atoms in total. The van der Waals surface area contributed by atoms with E-state index in [9.17, 15) is 0 Å². The molecule has 2 aromatic rings. The maximum Gasteiger partial charge on any atom is 0.394 e. The fourth-order valence-corrected chi connectivity index (χ4v) is 2.40. The summed E-state index contributed by atoms with van der Waals surface area (Å²) in [4.78, 5) is 4.28. The summed E-state index contributed by atoms with van der Waals surface area (Å²) >= 11 is 0. The predicted octanol–water partition coefficient (Wildman–Crippen LogP) is 2.30. The van der Waals surface area contributed by atoms with Crippen molar-refractivity contribution in [3.8, 4) is 6.08 Å². The lowest BCUT2D eigenvalue weighted by molar-refractivity contribution is 0.299. The fraction of sp³-hybridized carbons (Fsp3) is 0.462. The quantitative estimate of drug-likeness (QED) is 0.863. The molecule has 1 aromatic carbocycles. The Balaban J connectivity index is 1.94. The SMILES string of the molecule is COc1nc2cc(C3CCCNC3)ccc2o1. The van der Waals surface area contributed by atoms with Crippen molar-refractivity contribution in [3.63, 3.8) is 0 Å². The summed E-state index contributed by atoms with van der Waals surface area (Å²) in [5.74, 6) is 0.593. The lowest BCUT2D eigenvalue weighted by Crippen LogP contribution is -2.28. The number of methoxy groups -OCH3 is 1. The minimum absolute atomic E-state index is 0.332. The maximum absolute atomic E-state index is 5.41. The van der Waals surface area contributed by atoms with Gasteiger partial charge in [-0.05, 0) is 43.0 Å². The van der Waals surface area contributed by atoms with E-state index in [1.54, 1.807) is 7.11 Å². The van der Waals surface area contributed by atoms with Gasteiger partial charge < -0.3 is 14.5 Å². The van der Waals surface area contributed by atoms with E-state index < -0.39 is 0 Å². The summed E-state index contributed by atoms with van der Waals surface area (Å²) in [6, 6.07) is 6.22. The van der Waals surface area contributed by atoms with Crippen LogP contribution >= 0.6 is 0 Å². The van der Waals surface area contributed by atoms with E-state index in [1.165, 1.54) is 18.4 Å². The minimum atomic E-state index is 0.332. The molecular formula is C13H16N2O2. The van der Waals surface area contributed by atoms with Crippen molar-refractivity contribution in [2.75, 3.05) is 20.2 Å². The molecule has 0 spiro atoms. The van der Waals surface area contributed by atoms with E-state index in [0.717, 1.165) is 24.2 Å². The molecule has 0 aliphatic carbocycles. The molecule has 1 fully saturated rings. The van der Waals surface area contributed by atoms with Crippen LogP contribution in [0, 0.1) is 0 Å². The van der Waals surface area contributed by atoms with Crippen molar-refractivity contribution in [3.05, 3.63) is 23.8 Å². The zero-order valence-corrected chi connectivity index (χ0v) is 9.90. The van der Waals surface area contributed by atoms with E-state index in [1.807, 2.05) is 6.07 Å². The Morgan fingerprint density at radius 3 is 3.18 bits per heavy atom. The average molecular weight is 232 g/mol. The van der Waals surface area contributed by atoms with Crippen LogP contribution < -0.4 is 10.1 Å². The summed E-state index contributed by atoms with van der Waals surface area (Å²) in [5.41, 5.74) is 3.00. The topological polar surface area (TPSA) is 47.3 Å². The summed E-state index contributed by atoms with van der Waals surface area (Å²) < 4.78 is 10.4. The molecule has 0 bridgehead atoms. The summed E-state index contributed by atoms with van der Waals surface area (Å²) in [6.07, 6.45) is 2.82. The van der Waals surface area contributed by atoms with E-state index >= 15 is 0 Å². The van der Waals surface area contributed by atoms with Crippen LogP contribution in [0.5, 0.6) is 6.08 Å². The Bertz CT molecular complexity index is 515. The number of piperidine rings is 1. The van der Waals surface area contributed by atoms with Gasteiger partial charge >= 0.3 is 6.08 Å². The predicted molar refractivity (Wildman–Crippen MR) is 65.4 cm³/mol. The molecule has 0 amide bonds. The monoisotopic (exact) mass is 232 g/mol. The Hall–Kier alpha value is -1.55. The zero-order chi connectivity index (χ0) is 11.7. The first kappa shape index (κ1) is 10.6. The molecule has 1 aromatic heterocycles. The first-order valence-corrected chi connectivity index (χ1v) is 6.02. The van der Waals surface area contributed by atoms with Crippen molar-refractivity contribution in [1.82, 2.24) is 10.3 Å². The van der Waals surface area contributed by atoms with E-state index in [2.05, 4.69) is 22.4 Å². The van der Waals surface area contributed by atoms with Gasteiger partial charge in [-0.1, -0.05) is 6.07 Å². The Labute approximate surface area is 100.0 Å². The van der Waals surface area contributed by atoms with E-state index in [-0.39, 0.29) is 0 Å². The highest BCUT2D eigenvalue weighted by molar-refractivity contribution is 5.74. The van der Waals surface area contributed by atoms with Crippen LogP contribution in [-0.2, 0) is 0 Å². The standard InChI is InChI=1S/C13H16N2O2/c1-16-13-15-11-7-9(4-5-12(11)17-13)10-3-2-6-14-8-10/h4-5,7,10,14H,2-3,6,8H2,1H3. The molecule has 1 aliphatic rings. The first-order chi connectivity index (χ1) is 8.36. The smallest absolute Gasteiger partial charge is 0.394 e. The van der Waals surface area contributed by atoms with Gasteiger partial charge in [0, 0.05) is 6.54 Å². The van der Waals surface area contributed by atoms with Gasteiger partial charge in [-0.15, -0.1) is 0 Å². The van der Waals surface area contributed by atoms with Gasteiger partial charge in [-0.2, -0.15) is 4.98 Å². The van der Waals surface area contributed by atoms with Gasteiger partial charge in [0.2, 0.25) is 0 Å². The van der Waals surface area contributed by atoms with Gasteiger partial charge in [0.1, 0.15) is 5.52 Å². The van der Waals surface area contributed by atoms with Gasteiger partial charge in [0.05, 0.1) is 7.11 Å². The number of rotatable bonds is 2. The number of hydrogen-bond acceptors (Lipinski definition) is 4. The molecule has 17 heavy (non-hydrogen) atoms. The number of aromatic nitrogens is 1. The molecule has 1 aliphatic heterocycles. The van der Waals surface area contributed by atoms with Gasteiger partial charge in [0.25, 0.3) is 0 Å². The number of hydrogen-bond donors (Lipinski definition) is 1. The highest BCUT2D eigenvalue weighted by Crippen LogP contribution is 2.28. The van der Waals surface area contributed by atoms with Crippen LogP contribution in [0.2, 0.25) is 0 Å². The van der Waals surface area contributed by atoms with Gasteiger partial charge in [-0.25, -0.2) is 0 Å². The number of benzene rings is 1. The third-order valence-electron chi connectivity index (χ3n) is 3.33. The highest BCUT2D eigenvalue weighted by atomic mass is 16.6. The number of nitrogens with one attached hydrogen (secondary N) is 1. The summed E-state index contributed by atoms with van der Waals surface area (Å²) in [7, 11) is 1.57. The summed E-state index contributed by atoms with van der Waals surface area (Å²) in [5, 5.41) is 3.43. The molecule has 4 heteroatoms. The largest absolute Gasteiger partial charge is 0.453 e. The lowest BCUT2D eigenvalue weighted by Gasteiger charge is -2.22. The molecule has 1 unspecified atom stereocenters. The normalized spacial score (nSPS) is 20.6. The average Bonchev–Trinajstić information content (AvgIpc) is 2.81. The molecule has 3 rings (SSSR count). The fourth-order valence-electron chi connectivity index (χ4n) is 2.40. The second-order valence-corrected chi connectivity index (χ2v) is 4.45. The molecule has 1 atom stereocenters. The third kappa shape index (κ3) is 2.00. The van der Waals surface area contributed by atoms with Crippen molar-refractivity contribution < 1.29 is 9.15 Å². The number of fused-ring (bicyclic) bond motifs is 1. The van der Waals surface area contributed by atoms with Crippen molar-refractivity contribution in [1.29, 1.82) is 0 Å². The van der Waals surface area contributed by atoms with Crippen molar-refractivity contribution in [2.45, 2.75) is 18.8 Å². The van der Waals surface area contributed by atoms with Crippen LogP contribution in [0.3, 0.4) is 0 Å². The van der Waals surface area contributed by atoms with Crippen LogP contribution in [0.4, 0.5) is 0 Å². The molecular weight excluding hydrogens is 216 g/mol. The van der Waals surface area contributed by atoms with Gasteiger partial charge in [-0.3, -0.25) is 0 Å².